The SMILES string of the molecule is COC(=O)N1CCCC(Nc2ccc(C(F)(F)F)cc2[N+](=O)[O-])C1. The number of nitro benzene ring substituents is 1. The molecular weight excluding hydrogens is 331 g/mol. The number of anilines is 1. The molecule has 24 heavy (non-hydrogen) atoms. The number of hydrogen-bond donors (Lipinski definition) is 1. The van der Waals surface area contributed by atoms with Crippen LogP contribution in [-0.4, -0.2) is 42.2 Å². The van der Waals surface area contributed by atoms with Gasteiger partial charge in [-0.15, -0.1) is 0 Å². The molecule has 1 N–H and O–H groups in total. The second-order valence-electron chi connectivity index (χ2n) is 5.39. The van der Waals surface area contributed by atoms with Crippen molar-refractivity contribution in [2.45, 2.75) is 25.1 Å². The molecule has 0 spiro atoms. The zero-order valence-electron chi connectivity index (χ0n) is 12.8. The smallest absolute Gasteiger partial charge is 0.416 e. The fraction of sp³-hybridized carbons (Fsp3) is 0.500. The first-order chi connectivity index (χ1) is 11.2. The highest BCUT2D eigenvalue weighted by Gasteiger charge is 2.33. The van der Waals surface area contributed by atoms with Gasteiger partial charge in [0.1, 0.15) is 5.69 Å². The number of rotatable bonds is 3. The fourth-order valence-corrected chi connectivity index (χ4v) is 2.59. The molecule has 1 heterocycles. The first-order valence-corrected chi connectivity index (χ1v) is 7.17. The molecule has 1 atom stereocenters. The van der Waals surface area contributed by atoms with Crippen molar-refractivity contribution in [3.05, 3.63) is 33.9 Å². The average Bonchev–Trinajstić information content (AvgIpc) is 2.53. The van der Waals surface area contributed by atoms with Crippen LogP contribution in [-0.2, 0) is 10.9 Å². The van der Waals surface area contributed by atoms with E-state index in [1.807, 2.05) is 0 Å². The molecule has 0 aromatic heterocycles. The molecule has 1 aromatic carbocycles. The van der Waals surface area contributed by atoms with E-state index in [0.717, 1.165) is 12.1 Å². The highest BCUT2D eigenvalue weighted by molar-refractivity contribution is 5.68. The summed E-state index contributed by atoms with van der Waals surface area (Å²) in [5.74, 6) is 0. The van der Waals surface area contributed by atoms with Crippen LogP contribution in [0.15, 0.2) is 18.2 Å². The number of nitro groups is 1. The molecule has 1 aromatic rings. The molecule has 2 rings (SSSR count). The number of nitrogens with zero attached hydrogens (tertiary/aromatic N) is 2. The van der Waals surface area contributed by atoms with Crippen LogP contribution in [0.25, 0.3) is 0 Å². The van der Waals surface area contributed by atoms with Crippen molar-refractivity contribution >= 4 is 17.5 Å². The van der Waals surface area contributed by atoms with Gasteiger partial charge in [-0.05, 0) is 25.0 Å². The van der Waals surface area contributed by atoms with Crippen LogP contribution in [0.3, 0.4) is 0 Å². The summed E-state index contributed by atoms with van der Waals surface area (Å²) >= 11 is 0. The molecule has 0 radical (unpaired) electrons. The van der Waals surface area contributed by atoms with Gasteiger partial charge in [0.05, 0.1) is 17.6 Å². The lowest BCUT2D eigenvalue weighted by Gasteiger charge is -2.32. The number of amides is 1. The first kappa shape index (κ1) is 17.8. The second kappa shape index (κ2) is 6.93. The van der Waals surface area contributed by atoms with Gasteiger partial charge in [0.25, 0.3) is 5.69 Å². The molecule has 0 bridgehead atoms. The highest BCUT2D eigenvalue weighted by atomic mass is 19.4. The Morgan fingerprint density at radius 1 is 1.46 bits per heavy atom. The number of piperidine rings is 1. The minimum Gasteiger partial charge on any atom is -0.453 e. The Labute approximate surface area is 135 Å². The van der Waals surface area contributed by atoms with Crippen LogP contribution in [0.4, 0.5) is 29.3 Å². The Hall–Kier alpha value is -2.52. The third-order valence-corrected chi connectivity index (χ3v) is 3.74. The van der Waals surface area contributed by atoms with E-state index in [4.69, 9.17) is 0 Å². The third-order valence-electron chi connectivity index (χ3n) is 3.74. The summed E-state index contributed by atoms with van der Waals surface area (Å²) < 4.78 is 42.7. The van der Waals surface area contributed by atoms with Crippen LogP contribution < -0.4 is 5.32 Å². The summed E-state index contributed by atoms with van der Waals surface area (Å²) in [5, 5.41) is 13.9. The molecule has 1 aliphatic heterocycles. The van der Waals surface area contributed by atoms with Crippen LogP contribution in [0.2, 0.25) is 0 Å². The van der Waals surface area contributed by atoms with E-state index in [1.165, 1.54) is 12.0 Å². The molecule has 1 unspecified atom stereocenters. The van der Waals surface area contributed by atoms with Crippen LogP contribution in [0.1, 0.15) is 18.4 Å². The van der Waals surface area contributed by atoms with Crippen molar-refractivity contribution in [1.29, 1.82) is 0 Å². The minimum absolute atomic E-state index is 0.00952. The third kappa shape index (κ3) is 4.06. The Kier molecular flexibility index (Phi) is 5.15. The Morgan fingerprint density at radius 2 is 2.17 bits per heavy atom. The zero-order valence-corrected chi connectivity index (χ0v) is 12.8. The predicted molar refractivity (Wildman–Crippen MR) is 78.7 cm³/mol. The molecule has 132 valence electrons. The lowest BCUT2D eigenvalue weighted by atomic mass is 10.0. The Bertz CT molecular complexity index is 636. The number of alkyl halides is 3. The molecule has 1 amide bonds. The minimum atomic E-state index is -4.66. The summed E-state index contributed by atoms with van der Waals surface area (Å²) in [6.07, 6.45) is -3.88. The first-order valence-electron chi connectivity index (χ1n) is 7.17. The number of benzene rings is 1. The molecule has 7 nitrogen and oxygen atoms in total. The largest absolute Gasteiger partial charge is 0.453 e. The van der Waals surface area contributed by atoms with Gasteiger partial charge in [0, 0.05) is 25.2 Å². The molecule has 0 aliphatic carbocycles. The number of likely N-dealkylation sites (tertiary alicyclic amines) is 1. The number of halogens is 3. The Morgan fingerprint density at radius 3 is 2.75 bits per heavy atom. The highest BCUT2D eigenvalue weighted by Crippen LogP contribution is 2.35. The van der Waals surface area contributed by atoms with Crippen molar-refractivity contribution < 1.29 is 27.6 Å². The van der Waals surface area contributed by atoms with Gasteiger partial charge in [-0.1, -0.05) is 0 Å². The lowest BCUT2D eigenvalue weighted by molar-refractivity contribution is -0.384. The zero-order chi connectivity index (χ0) is 17.9. The number of carbonyl (C=O) groups is 1. The van der Waals surface area contributed by atoms with E-state index >= 15 is 0 Å². The van der Waals surface area contributed by atoms with Crippen LogP contribution in [0.5, 0.6) is 0 Å². The van der Waals surface area contributed by atoms with E-state index in [-0.39, 0.29) is 18.3 Å². The normalized spacial score (nSPS) is 18.2. The van der Waals surface area contributed by atoms with Gasteiger partial charge >= 0.3 is 12.3 Å². The van der Waals surface area contributed by atoms with E-state index in [9.17, 15) is 28.1 Å². The summed E-state index contributed by atoms with van der Waals surface area (Å²) in [6.45, 7) is 0.755. The monoisotopic (exact) mass is 347 g/mol. The summed E-state index contributed by atoms with van der Waals surface area (Å²) in [7, 11) is 1.25. The molecular formula is C14H16F3N3O4. The van der Waals surface area contributed by atoms with E-state index in [0.29, 0.717) is 25.5 Å². The van der Waals surface area contributed by atoms with Crippen LogP contribution in [0, 0.1) is 10.1 Å². The number of carbonyl (C=O) groups excluding carboxylic acids is 1. The van der Waals surface area contributed by atoms with Gasteiger partial charge < -0.3 is 15.0 Å². The molecule has 10 heteroatoms. The number of nitrogens with one attached hydrogen (secondary N) is 1. The van der Waals surface area contributed by atoms with E-state index in [1.54, 1.807) is 0 Å². The maximum Gasteiger partial charge on any atom is 0.416 e. The van der Waals surface area contributed by atoms with Crippen molar-refractivity contribution in [2.75, 3.05) is 25.5 Å². The second-order valence-corrected chi connectivity index (χ2v) is 5.39. The molecule has 1 saturated heterocycles. The maximum absolute atomic E-state index is 12.7. The topological polar surface area (TPSA) is 84.7 Å². The van der Waals surface area contributed by atoms with Crippen molar-refractivity contribution in [3.8, 4) is 0 Å². The maximum atomic E-state index is 12.7. The molecule has 0 saturated carbocycles. The van der Waals surface area contributed by atoms with Crippen molar-refractivity contribution in [1.82, 2.24) is 4.90 Å². The average molecular weight is 347 g/mol. The summed E-state index contributed by atoms with van der Waals surface area (Å²) in [5.41, 5.74) is -1.75. The van der Waals surface area contributed by atoms with Gasteiger partial charge in [-0.2, -0.15) is 13.2 Å². The van der Waals surface area contributed by atoms with Crippen molar-refractivity contribution in [2.24, 2.45) is 0 Å². The van der Waals surface area contributed by atoms with E-state index < -0.39 is 28.4 Å². The van der Waals surface area contributed by atoms with Gasteiger partial charge in [-0.3, -0.25) is 10.1 Å². The van der Waals surface area contributed by atoms with Crippen molar-refractivity contribution in [3.63, 3.8) is 0 Å². The standard InChI is InChI=1S/C14H16F3N3O4/c1-24-13(21)19-6-2-3-10(8-19)18-11-5-4-9(14(15,16)17)7-12(11)20(22)23/h4-5,7,10,18H,2-3,6,8H2,1H3. The number of hydrogen-bond acceptors (Lipinski definition) is 5. The van der Waals surface area contributed by atoms with Gasteiger partial charge in [-0.25, -0.2) is 4.79 Å². The van der Waals surface area contributed by atoms with Gasteiger partial charge in [0.15, 0.2) is 0 Å². The number of methoxy groups -OCH3 is 1. The summed E-state index contributed by atoms with van der Waals surface area (Å²) in [6, 6.07) is 2.02. The Balaban J connectivity index is 2.20. The predicted octanol–water partition coefficient (Wildman–Crippen LogP) is 3.26. The quantitative estimate of drug-likeness (QED) is 0.670. The molecule has 1 aliphatic rings. The van der Waals surface area contributed by atoms with Crippen LogP contribution >= 0.6 is 0 Å². The molecule has 1 fully saturated rings. The number of ether oxygens (including phenoxy) is 1. The van der Waals surface area contributed by atoms with E-state index in [2.05, 4.69) is 10.1 Å². The summed E-state index contributed by atoms with van der Waals surface area (Å²) in [4.78, 5) is 23.2. The van der Waals surface area contributed by atoms with Gasteiger partial charge in [0.2, 0.25) is 0 Å². The lowest BCUT2D eigenvalue weighted by Crippen LogP contribution is -2.45. The fourth-order valence-electron chi connectivity index (χ4n) is 2.59.